The van der Waals surface area contributed by atoms with Crippen LogP contribution in [0.25, 0.3) is 0 Å². The number of rotatable bonds is 6. The molecule has 106 valence electrons. The molecule has 0 bridgehead atoms. The maximum atomic E-state index is 11.9. The van der Waals surface area contributed by atoms with Crippen molar-refractivity contribution in [2.45, 2.75) is 45.7 Å². The molecule has 2 atom stereocenters. The van der Waals surface area contributed by atoms with Gasteiger partial charge in [0, 0.05) is 6.04 Å². The molecule has 1 unspecified atom stereocenters. The number of phenolic OH excluding ortho intramolecular Hbond substituents is 1. The molecule has 0 aromatic heterocycles. The Labute approximate surface area is 115 Å². The van der Waals surface area contributed by atoms with E-state index in [2.05, 4.69) is 19.2 Å². The Balaban J connectivity index is 2.46. The fraction of sp³-hybridized carbons (Fsp3) is 0.533. The predicted molar refractivity (Wildman–Crippen MR) is 76.8 cm³/mol. The van der Waals surface area contributed by atoms with E-state index in [0.717, 1.165) is 12.0 Å². The summed E-state index contributed by atoms with van der Waals surface area (Å²) < 4.78 is 0. The molecule has 0 aliphatic heterocycles. The first-order valence-corrected chi connectivity index (χ1v) is 6.72. The van der Waals surface area contributed by atoms with Gasteiger partial charge in [-0.3, -0.25) is 4.79 Å². The summed E-state index contributed by atoms with van der Waals surface area (Å²) in [7, 11) is 0. The summed E-state index contributed by atoms with van der Waals surface area (Å²) in [6.45, 7) is 6.24. The van der Waals surface area contributed by atoms with Gasteiger partial charge < -0.3 is 16.2 Å². The Bertz CT molecular complexity index is 401. The van der Waals surface area contributed by atoms with Gasteiger partial charge in [0.1, 0.15) is 5.75 Å². The Morgan fingerprint density at radius 2 is 1.84 bits per heavy atom. The van der Waals surface area contributed by atoms with E-state index in [-0.39, 0.29) is 17.7 Å². The van der Waals surface area contributed by atoms with E-state index in [0.29, 0.717) is 12.3 Å². The second-order valence-corrected chi connectivity index (χ2v) is 5.52. The van der Waals surface area contributed by atoms with E-state index in [9.17, 15) is 9.90 Å². The maximum Gasteiger partial charge on any atom is 0.237 e. The van der Waals surface area contributed by atoms with Crippen molar-refractivity contribution in [1.29, 1.82) is 0 Å². The number of benzene rings is 1. The molecule has 1 aromatic rings. The summed E-state index contributed by atoms with van der Waals surface area (Å²) in [5.41, 5.74) is 6.83. The van der Waals surface area contributed by atoms with Crippen molar-refractivity contribution < 1.29 is 9.90 Å². The second-order valence-electron chi connectivity index (χ2n) is 5.52. The zero-order chi connectivity index (χ0) is 14.4. The summed E-state index contributed by atoms with van der Waals surface area (Å²) in [5.74, 6) is 0.636. The van der Waals surface area contributed by atoms with E-state index in [1.165, 1.54) is 0 Å². The van der Waals surface area contributed by atoms with Gasteiger partial charge in [0.05, 0.1) is 6.04 Å². The van der Waals surface area contributed by atoms with Gasteiger partial charge in [0.25, 0.3) is 0 Å². The van der Waals surface area contributed by atoms with Gasteiger partial charge in [-0.05, 0) is 43.4 Å². The number of hydrogen-bond acceptors (Lipinski definition) is 3. The minimum Gasteiger partial charge on any atom is -0.508 e. The first-order valence-electron chi connectivity index (χ1n) is 6.72. The highest BCUT2D eigenvalue weighted by Gasteiger charge is 2.16. The van der Waals surface area contributed by atoms with Crippen LogP contribution in [-0.2, 0) is 11.2 Å². The zero-order valence-corrected chi connectivity index (χ0v) is 11.9. The number of amides is 1. The largest absolute Gasteiger partial charge is 0.508 e. The summed E-state index contributed by atoms with van der Waals surface area (Å²) in [4.78, 5) is 11.9. The highest BCUT2D eigenvalue weighted by molar-refractivity contribution is 5.82. The Morgan fingerprint density at radius 3 is 2.37 bits per heavy atom. The lowest BCUT2D eigenvalue weighted by Crippen LogP contribution is -2.45. The second kappa shape index (κ2) is 7.14. The first kappa shape index (κ1) is 15.5. The Morgan fingerprint density at radius 1 is 1.26 bits per heavy atom. The van der Waals surface area contributed by atoms with Crippen LogP contribution in [0.2, 0.25) is 0 Å². The van der Waals surface area contributed by atoms with Crippen LogP contribution in [-0.4, -0.2) is 23.1 Å². The molecule has 4 N–H and O–H groups in total. The third-order valence-electron chi connectivity index (χ3n) is 2.94. The summed E-state index contributed by atoms with van der Waals surface area (Å²) in [6, 6.07) is 6.33. The molecule has 19 heavy (non-hydrogen) atoms. The van der Waals surface area contributed by atoms with Gasteiger partial charge in [0.15, 0.2) is 0 Å². The van der Waals surface area contributed by atoms with Gasteiger partial charge in [-0.25, -0.2) is 0 Å². The molecule has 4 nitrogen and oxygen atoms in total. The molecule has 0 saturated carbocycles. The fourth-order valence-electron chi connectivity index (χ4n) is 2.09. The molecule has 0 aliphatic rings. The van der Waals surface area contributed by atoms with Crippen LogP contribution in [0.1, 0.15) is 32.8 Å². The van der Waals surface area contributed by atoms with Crippen molar-refractivity contribution >= 4 is 5.91 Å². The average Bonchev–Trinajstić information content (AvgIpc) is 2.30. The van der Waals surface area contributed by atoms with E-state index in [1.807, 2.05) is 6.92 Å². The van der Waals surface area contributed by atoms with E-state index in [4.69, 9.17) is 5.73 Å². The molecule has 0 fully saturated rings. The smallest absolute Gasteiger partial charge is 0.237 e. The number of nitrogens with two attached hydrogens (primary N) is 1. The maximum absolute atomic E-state index is 11.9. The number of hydrogen-bond donors (Lipinski definition) is 3. The minimum atomic E-state index is -0.556. The Hall–Kier alpha value is -1.55. The summed E-state index contributed by atoms with van der Waals surface area (Å²) in [5, 5.41) is 12.1. The molecule has 0 saturated heterocycles. The lowest BCUT2D eigenvalue weighted by atomic mass is 10.0. The van der Waals surface area contributed by atoms with Gasteiger partial charge in [-0.2, -0.15) is 0 Å². The molecular weight excluding hydrogens is 240 g/mol. The molecule has 0 spiro atoms. The SMILES string of the molecule is CC(C)CC(C)NC(=O)[C@@H](N)Cc1ccc(O)cc1. The van der Waals surface area contributed by atoms with Crippen LogP contribution in [0.3, 0.4) is 0 Å². The van der Waals surface area contributed by atoms with E-state index >= 15 is 0 Å². The van der Waals surface area contributed by atoms with Crippen LogP contribution < -0.4 is 11.1 Å². The number of carbonyl (C=O) groups is 1. The number of aromatic hydroxyl groups is 1. The van der Waals surface area contributed by atoms with E-state index < -0.39 is 6.04 Å². The summed E-state index contributed by atoms with van der Waals surface area (Å²) in [6.07, 6.45) is 1.41. The minimum absolute atomic E-state index is 0.124. The van der Waals surface area contributed by atoms with Crippen molar-refractivity contribution in [3.8, 4) is 5.75 Å². The lowest BCUT2D eigenvalue weighted by molar-refractivity contribution is -0.123. The van der Waals surface area contributed by atoms with Crippen molar-refractivity contribution in [1.82, 2.24) is 5.32 Å². The van der Waals surface area contributed by atoms with E-state index in [1.54, 1.807) is 24.3 Å². The van der Waals surface area contributed by atoms with Gasteiger partial charge in [0.2, 0.25) is 5.91 Å². The monoisotopic (exact) mass is 264 g/mol. The third kappa shape index (κ3) is 5.75. The summed E-state index contributed by atoms with van der Waals surface area (Å²) >= 11 is 0. The Kier molecular flexibility index (Phi) is 5.83. The van der Waals surface area contributed by atoms with Crippen LogP contribution in [0.4, 0.5) is 0 Å². The molecule has 0 aliphatic carbocycles. The fourth-order valence-corrected chi connectivity index (χ4v) is 2.09. The van der Waals surface area contributed by atoms with Crippen molar-refractivity contribution in [2.75, 3.05) is 0 Å². The molecule has 0 heterocycles. The average molecular weight is 264 g/mol. The standard InChI is InChI=1S/C15H24N2O2/c1-10(2)8-11(3)17-15(19)14(16)9-12-4-6-13(18)7-5-12/h4-7,10-11,14,18H,8-9,16H2,1-3H3,(H,17,19)/t11?,14-/m0/s1. The van der Waals surface area contributed by atoms with Crippen LogP contribution in [0, 0.1) is 5.92 Å². The third-order valence-corrected chi connectivity index (χ3v) is 2.94. The normalized spacial score (nSPS) is 14.2. The molecule has 1 amide bonds. The molecule has 0 radical (unpaired) electrons. The predicted octanol–water partition coefficient (Wildman–Crippen LogP) is 1.81. The molecule has 1 aromatic carbocycles. The van der Waals surface area contributed by atoms with Crippen molar-refractivity contribution in [2.24, 2.45) is 11.7 Å². The number of carbonyl (C=O) groups excluding carboxylic acids is 1. The molecule has 1 rings (SSSR count). The van der Waals surface area contributed by atoms with Crippen LogP contribution in [0.5, 0.6) is 5.75 Å². The lowest BCUT2D eigenvalue weighted by Gasteiger charge is -2.19. The topological polar surface area (TPSA) is 75.4 Å². The molecule has 4 heteroatoms. The van der Waals surface area contributed by atoms with Crippen LogP contribution in [0.15, 0.2) is 24.3 Å². The highest BCUT2D eigenvalue weighted by Crippen LogP contribution is 2.11. The van der Waals surface area contributed by atoms with Gasteiger partial charge >= 0.3 is 0 Å². The van der Waals surface area contributed by atoms with Crippen molar-refractivity contribution in [3.05, 3.63) is 29.8 Å². The molecular formula is C15H24N2O2. The zero-order valence-electron chi connectivity index (χ0n) is 11.9. The van der Waals surface area contributed by atoms with Gasteiger partial charge in [-0.1, -0.05) is 26.0 Å². The quantitative estimate of drug-likeness (QED) is 0.733. The number of phenols is 1. The van der Waals surface area contributed by atoms with Crippen LogP contribution >= 0.6 is 0 Å². The highest BCUT2D eigenvalue weighted by atomic mass is 16.3. The number of nitrogens with one attached hydrogen (secondary N) is 1. The first-order chi connectivity index (χ1) is 8.88. The van der Waals surface area contributed by atoms with Gasteiger partial charge in [-0.15, -0.1) is 0 Å². The van der Waals surface area contributed by atoms with Crippen molar-refractivity contribution in [3.63, 3.8) is 0 Å².